The van der Waals surface area contributed by atoms with Crippen LogP contribution in [0.15, 0.2) is 11.6 Å². The van der Waals surface area contributed by atoms with Gasteiger partial charge >= 0.3 is 0 Å². The van der Waals surface area contributed by atoms with E-state index in [0.29, 0.717) is 6.04 Å². The first-order valence-electron chi connectivity index (χ1n) is 8.32. The summed E-state index contributed by atoms with van der Waals surface area (Å²) >= 11 is 1.70. The number of aromatic nitrogens is 4. The van der Waals surface area contributed by atoms with Gasteiger partial charge in [-0.1, -0.05) is 0 Å². The van der Waals surface area contributed by atoms with Crippen LogP contribution in [0.4, 0.5) is 0 Å². The van der Waals surface area contributed by atoms with Crippen LogP contribution in [0.3, 0.4) is 0 Å². The molecule has 0 unspecified atom stereocenters. The summed E-state index contributed by atoms with van der Waals surface area (Å²) in [4.78, 5) is 6.69. The Labute approximate surface area is 141 Å². The first-order valence-corrected chi connectivity index (χ1v) is 9.20. The second-order valence-electron chi connectivity index (χ2n) is 6.45. The third-order valence-corrected chi connectivity index (χ3v) is 5.79. The molecule has 2 aromatic heterocycles. The molecule has 0 spiro atoms. The van der Waals surface area contributed by atoms with Crippen LogP contribution in [-0.4, -0.2) is 44.8 Å². The third-order valence-electron chi connectivity index (χ3n) is 4.85. The molecule has 1 aliphatic rings. The summed E-state index contributed by atoms with van der Waals surface area (Å²) in [6, 6.07) is 0.291. The van der Waals surface area contributed by atoms with Crippen molar-refractivity contribution in [2.75, 3.05) is 20.1 Å². The van der Waals surface area contributed by atoms with Gasteiger partial charge in [-0.15, -0.1) is 21.5 Å². The van der Waals surface area contributed by atoms with Gasteiger partial charge in [0.1, 0.15) is 16.7 Å². The van der Waals surface area contributed by atoms with E-state index in [1.807, 2.05) is 11.6 Å². The zero-order valence-electron chi connectivity index (χ0n) is 14.2. The number of nitrogens with one attached hydrogen (secondary N) is 1. The van der Waals surface area contributed by atoms with Crippen LogP contribution in [0.1, 0.15) is 42.5 Å². The lowest BCUT2D eigenvalue weighted by Crippen LogP contribution is -2.29. The molecule has 0 amide bonds. The van der Waals surface area contributed by atoms with Crippen LogP contribution in [0, 0.1) is 5.92 Å². The number of hydrogen-bond donors (Lipinski definition) is 1. The van der Waals surface area contributed by atoms with Crippen molar-refractivity contribution >= 4 is 11.3 Å². The van der Waals surface area contributed by atoms with E-state index in [2.05, 4.69) is 51.0 Å². The molecular weight excluding hydrogens is 308 g/mol. The van der Waals surface area contributed by atoms with Crippen molar-refractivity contribution in [2.45, 2.75) is 38.8 Å². The van der Waals surface area contributed by atoms with Gasteiger partial charge in [-0.3, -0.25) is 4.90 Å². The van der Waals surface area contributed by atoms with E-state index in [0.717, 1.165) is 48.6 Å². The van der Waals surface area contributed by atoms with Crippen LogP contribution in [0.5, 0.6) is 0 Å². The fourth-order valence-electron chi connectivity index (χ4n) is 3.05. The van der Waals surface area contributed by atoms with Crippen molar-refractivity contribution in [3.8, 4) is 0 Å². The Morgan fingerprint density at radius 1 is 1.35 bits per heavy atom. The van der Waals surface area contributed by atoms with Crippen LogP contribution in [0.2, 0.25) is 0 Å². The average molecular weight is 334 g/mol. The Kier molecular flexibility index (Phi) is 5.40. The van der Waals surface area contributed by atoms with Crippen LogP contribution in [0.25, 0.3) is 0 Å². The highest BCUT2D eigenvalue weighted by molar-refractivity contribution is 7.09. The van der Waals surface area contributed by atoms with Gasteiger partial charge in [-0.05, 0) is 45.8 Å². The Morgan fingerprint density at radius 2 is 2.09 bits per heavy atom. The summed E-state index contributed by atoms with van der Waals surface area (Å²) < 4.78 is 2.17. The number of rotatable bonds is 6. The predicted molar refractivity (Wildman–Crippen MR) is 92.3 cm³/mol. The molecule has 0 bridgehead atoms. The topological polar surface area (TPSA) is 58.9 Å². The second-order valence-corrected chi connectivity index (χ2v) is 7.38. The summed E-state index contributed by atoms with van der Waals surface area (Å²) in [5.74, 6) is 2.88. The minimum Gasteiger partial charge on any atom is -0.317 e. The molecule has 23 heavy (non-hydrogen) atoms. The highest BCUT2D eigenvalue weighted by atomic mass is 32.1. The average Bonchev–Trinajstić information content (AvgIpc) is 3.21. The van der Waals surface area contributed by atoms with Crippen molar-refractivity contribution in [1.82, 2.24) is 30.0 Å². The van der Waals surface area contributed by atoms with E-state index in [1.54, 1.807) is 11.3 Å². The molecule has 0 radical (unpaired) electrons. The van der Waals surface area contributed by atoms with E-state index < -0.39 is 0 Å². The van der Waals surface area contributed by atoms with Crippen molar-refractivity contribution < 1.29 is 0 Å². The fraction of sp³-hybridized carbons (Fsp3) is 0.688. The van der Waals surface area contributed by atoms with Gasteiger partial charge in [-0.2, -0.15) is 0 Å². The maximum Gasteiger partial charge on any atom is 0.146 e. The van der Waals surface area contributed by atoms with Crippen LogP contribution >= 0.6 is 11.3 Å². The summed E-state index contributed by atoms with van der Waals surface area (Å²) in [5, 5.41) is 15.4. The Morgan fingerprint density at radius 3 is 2.78 bits per heavy atom. The standard InChI is InChI=1S/C16H26N6S/c1-12(16-18-8-9-23-16)21(2)11-15-20-19-14(22(15)3)10-13-4-6-17-7-5-13/h8-9,12-13,17H,4-7,10-11H2,1-3H3/t12-/m1/s1. The van der Waals surface area contributed by atoms with E-state index in [-0.39, 0.29) is 0 Å². The highest BCUT2D eigenvalue weighted by Crippen LogP contribution is 2.22. The smallest absolute Gasteiger partial charge is 0.146 e. The number of piperidine rings is 1. The van der Waals surface area contributed by atoms with Crippen molar-refractivity contribution in [2.24, 2.45) is 13.0 Å². The monoisotopic (exact) mass is 334 g/mol. The minimum absolute atomic E-state index is 0.291. The molecule has 3 rings (SSSR count). The first-order chi connectivity index (χ1) is 11.1. The molecule has 1 N–H and O–H groups in total. The van der Waals surface area contributed by atoms with Gasteiger partial charge in [0.25, 0.3) is 0 Å². The SMILES string of the molecule is C[C@H](c1nccs1)N(C)Cc1nnc(CC2CCNCC2)n1C. The van der Waals surface area contributed by atoms with Gasteiger partial charge in [0.05, 0.1) is 12.6 Å². The van der Waals surface area contributed by atoms with Crippen molar-refractivity contribution in [1.29, 1.82) is 0 Å². The molecule has 0 aromatic carbocycles. The number of nitrogens with zero attached hydrogens (tertiary/aromatic N) is 5. The summed E-state index contributed by atoms with van der Waals surface area (Å²) in [7, 11) is 4.21. The van der Waals surface area contributed by atoms with E-state index in [4.69, 9.17) is 0 Å². The quantitative estimate of drug-likeness (QED) is 0.876. The molecule has 7 heteroatoms. The minimum atomic E-state index is 0.291. The lowest BCUT2D eigenvalue weighted by Gasteiger charge is -2.23. The summed E-state index contributed by atoms with van der Waals surface area (Å²) in [6.45, 7) is 5.23. The summed E-state index contributed by atoms with van der Waals surface area (Å²) in [5.41, 5.74) is 0. The lowest BCUT2D eigenvalue weighted by atomic mass is 9.94. The second kappa shape index (κ2) is 7.51. The molecule has 1 fully saturated rings. The Balaban J connectivity index is 1.62. The van der Waals surface area contributed by atoms with E-state index in [9.17, 15) is 0 Å². The first kappa shape index (κ1) is 16.5. The molecular formula is C16H26N6S. The highest BCUT2D eigenvalue weighted by Gasteiger charge is 2.20. The maximum atomic E-state index is 4.44. The zero-order valence-corrected chi connectivity index (χ0v) is 15.0. The van der Waals surface area contributed by atoms with Crippen molar-refractivity contribution in [3.63, 3.8) is 0 Å². The maximum absolute atomic E-state index is 4.44. The molecule has 126 valence electrons. The lowest BCUT2D eigenvalue weighted by molar-refractivity contribution is 0.243. The molecule has 2 aromatic rings. The zero-order chi connectivity index (χ0) is 16.2. The van der Waals surface area contributed by atoms with Crippen molar-refractivity contribution in [3.05, 3.63) is 28.2 Å². The molecule has 0 aliphatic carbocycles. The van der Waals surface area contributed by atoms with Gasteiger partial charge in [0.15, 0.2) is 0 Å². The molecule has 6 nitrogen and oxygen atoms in total. The third kappa shape index (κ3) is 3.97. The van der Waals surface area contributed by atoms with Gasteiger partial charge in [0, 0.05) is 25.0 Å². The van der Waals surface area contributed by atoms with E-state index in [1.165, 1.54) is 12.8 Å². The molecule has 0 saturated carbocycles. The normalized spacial score (nSPS) is 17.7. The largest absolute Gasteiger partial charge is 0.317 e. The molecule has 1 atom stereocenters. The van der Waals surface area contributed by atoms with E-state index >= 15 is 0 Å². The summed E-state index contributed by atoms with van der Waals surface area (Å²) in [6.07, 6.45) is 5.38. The van der Waals surface area contributed by atoms with Gasteiger partial charge in [-0.25, -0.2) is 4.98 Å². The van der Waals surface area contributed by atoms with Gasteiger partial charge < -0.3 is 9.88 Å². The Bertz CT molecular complexity index is 602. The van der Waals surface area contributed by atoms with Crippen LogP contribution < -0.4 is 5.32 Å². The van der Waals surface area contributed by atoms with Crippen LogP contribution in [-0.2, 0) is 20.0 Å². The number of hydrogen-bond acceptors (Lipinski definition) is 6. The Hall–Kier alpha value is -1.31. The molecule has 3 heterocycles. The molecule has 1 saturated heterocycles. The van der Waals surface area contributed by atoms with Gasteiger partial charge in [0.2, 0.25) is 0 Å². The fourth-order valence-corrected chi connectivity index (χ4v) is 3.81. The number of thiazole rings is 1. The predicted octanol–water partition coefficient (Wildman–Crippen LogP) is 2.01. The molecule has 1 aliphatic heterocycles.